The predicted molar refractivity (Wildman–Crippen MR) is 64.6 cm³/mol. The van der Waals surface area contributed by atoms with Crippen molar-refractivity contribution in [1.82, 2.24) is 0 Å². The second kappa shape index (κ2) is 3.85. The van der Waals surface area contributed by atoms with Gasteiger partial charge in [-0.3, -0.25) is 4.79 Å². The molecule has 0 radical (unpaired) electrons. The van der Waals surface area contributed by atoms with Crippen molar-refractivity contribution >= 4 is 17.4 Å². The number of carbonyl (C=O) groups is 1. The van der Waals surface area contributed by atoms with E-state index in [4.69, 9.17) is 16.3 Å². The zero-order valence-electron chi connectivity index (χ0n) is 10.1. The number of methoxy groups -OCH3 is 1. The van der Waals surface area contributed by atoms with E-state index in [0.29, 0.717) is 12.3 Å². The minimum absolute atomic E-state index is 0.0626. The lowest BCUT2D eigenvalue weighted by Crippen LogP contribution is -2.43. The average Bonchev–Trinajstić information content (AvgIpc) is 2.39. The van der Waals surface area contributed by atoms with E-state index in [2.05, 4.69) is 26.0 Å². The summed E-state index contributed by atoms with van der Waals surface area (Å²) in [5, 5.41) is 0. The van der Waals surface area contributed by atoms with E-state index < -0.39 is 0 Å². The first kappa shape index (κ1) is 12.1. The van der Waals surface area contributed by atoms with E-state index in [1.54, 1.807) is 7.11 Å². The van der Waals surface area contributed by atoms with Gasteiger partial charge in [0.2, 0.25) is 0 Å². The molecule has 0 aromatic carbocycles. The molecule has 16 heavy (non-hydrogen) atoms. The molecule has 0 N–H and O–H groups in total. The topological polar surface area (TPSA) is 26.3 Å². The van der Waals surface area contributed by atoms with Crippen molar-refractivity contribution in [1.29, 1.82) is 0 Å². The number of ketones is 1. The van der Waals surface area contributed by atoms with E-state index in [1.807, 2.05) is 0 Å². The van der Waals surface area contributed by atoms with Crippen LogP contribution in [-0.4, -0.2) is 24.4 Å². The number of allylic oxidation sites excluding steroid dienone is 1. The second-order valence-corrected chi connectivity index (χ2v) is 5.85. The maximum atomic E-state index is 12.1. The molecule has 90 valence electrons. The van der Waals surface area contributed by atoms with Crippen molar-refractivity contribution in [2.75, 3.05) is 13.0 Å². The van der Waals surface area contributed by atoms with Crippen LogP contribution in [-0.2, 0) is 9.53 Å². The molecule has 0 aliphatic heterocycles. The summed E-state index contributed by atoms with van der Waals surface area (Å²) in [6, 6.07) is 0. The summed E-state index contributed by atoms with van der Waals surface area (Å²) in [5.41, 5.74) is -0.365. The minimum atomic E-state index is -0.222. The lowest BCUT2D eigenvalue weighted by Gasteiger charge is -2.43. The monoisotopic (exact) mass is 242 g/mol. The molecule has 1 fully saturated rings. The summed E-state index contributed by atoms with van der Waals surface area (Å²) < 4.78 is 5.65. The predicted octanol–water partition coefficient (Wildman–Crippen LogP) is 2.80. The summed E-state index contributed by atoms with van der Waals surface area (Å²) in [4.78, 5) is 12.1. The van der Waals surface area contributed by atoms with Gasteiger partial charge in [0.25, 0.3) is 0 Å². The molecule has 2 nitrogen and oxygen atoms in total. The number of Topliss-reactive ketones (excluding diaryl/α,β-unsaturated/α-hetero) is 1. The number of fused-ring (bicyclic) bond motifs is 3. The van der Waals surface area contributed by atoms with Crippen molar-refractivity contribution in [3.63, 3.8) is 0 Å². The Balaban J connectivity index is 2.44. The van der Waals surface area contributed by atoms with E-state index in [9.17, 15) is 4.79 Å². The van der Waals surface area contributed by atoms with E-state index in [0.717, 1.165) is 6.42 Å². The molecular formula is C13H19ClO2. The minimum Gasteiger partial charge on any atom is -0.378 e. The highest BCUT2D eigenvalue weighted by molar-refractivity contribution is 6.19. The fourth-order valence-electron chi connectivity index (χ4n) is 3.22. The highest BCUT2D eigenvalue weighted by atomic mass is 35.5. The van der Waals surface area contributed by atoms with Crippen molar-refractivity contribution in [2.45, 2.75) is 32.3 Å². The van der Waals surface area contributed by atoms with Gasteiger partial charge in [0.15, 0.2) is 0 Å². The number of ether oxygens (including phenoxy) is 1. The first-order valence-corrected chi connectivity index (χ1v) is 6.32. The quantitative estimate of drug-likeness (QED) is 0.550. The van der Waals surface area contributed by atoms with Crippen LogP contribution in [0.2, 0.25) is 0 Å². The van der Waals surface area contributed by atoms with Gasteiger partial charge < -0.3 is 4.74 Å². The number of hydrogen-bond acceptors (Lipinski definition) is 2. The van der Waals surface area contributed by atoms with Crippen LogP contribution in [0.4, 0.5) is 0 Å². The van der Waals surface area contributed by atoms with Gasteiger partial charge in [-0.25, -0.2) is 0 Å². The van der Waals surface area contributed by atoms with E-state index >= 15 is 0 Å². The lowest BCUT2D eigenvalue weighted by atomic mass is 9.67. The molecule has 0 aromatic rings. The van der Waals surface area contributed by atoms with Gasteiger partial charge in [0.1, 0.15) is 5.78 Å². The molecule has 1 saturated carbocycles. The van der Waals surface area contributed by atoms with Gasteiger partial charge in [-0.2, -0.15) is 0 Å². The molecule has 0 spiro atoms. The Labute approximate surface area is 102 Å². The lowest BCUT2D eigenvalue weighted by molar-refractivity contribution is -0.124. The molecule has 3 rings (SSSR count). The molecule has 0 unspecified atom stereocenters. The van der Waals surface area contributed by atoms with Crippen LogP contribution in [0, 0.1) is 17.3 Å². The first-order chi connectivity index (χ1) is 7.45. The Morgan fingerprint density at radius 1 is 1.56 bits per heavy atom. The largest absolute Gasteiger partial charge is 0.378 e. The first-order valence-electron chi connectivity index (χ1n) is 5.78. The van der Waals surface area contributed by atoms with Crippen molar-refractivity contribution in [2.24, 2.45) is 17.3 Å². The summed E-state index contributed by atoms with van der Waals surface area (Å²) in [6.07, 6.45) is 5.77. The number of carbonyl (C=O) groups excluding carboxylic acids is 1. The van der Waals surface area contributed by atoms with Crippen LogP contribution in [0.15, 0.2) is 12.2 Å². The van der Waals surface area contributed by atoms with Crippen LogP contribution < -0.4 is 0 Å². The molecule has 0 amide bonds. The Bertz CT molecular complexity index is 339. The average molecular weight is 243 g/mol. The molecule has 2 bridgehead atoms. The number of hydrogen-bond donors (Lipinski definition) is 0. The molecule has 3 aliphatic carbocycles. The van der Waals surface area contributed by atoms with Crippen molar-refractivity contribution < 1.29 is 9.53 Å². The van der Waals surface area contributed by atoms with Crippen LogP contribution in [0.5, 0.6) is 0 Å². The Morgan fingerprint density at radius 3 is 2.81 bits per heavy atom. The van der Waals surface area contributed by atoms with Gasteiger partial charge in [-0.15, -0.1) is 11.6 Å². The number of rotatable bonds is 2. The second-order valence-electron chi connectivity index (χ2n) is 5.54. The number of alkyl halides is 1. The zero-order valence-corrected chi connectivity index (χ0v) is 10.9. The van der Waals surface area contributed by atoms with Gasteiger partial charge in [0.05, 0.1) is 5.60 Å². The van der Waals surface area contributed by atoms with Gasteiger partial charge in [-0.1, -0.05) is 19.1 Å². The fourth-order valence-corrected chi connectivity index (χ4v) is 3.75. The maximum Gasteiger partial charge on any atom is 0.138 e. The molecule has 3 aliphatic rings. The summed E-state index contributed by atoms with van der Waals surface area (Å²) in [6.45, 7) is 4.22. The Kier molecular flexibility index (Phi) is 2.92. The third kappa shape index (κ3) is 1.63. The normalized spacial score (nSPS) is 47.1. The summed E-state index contributed by atoms with van der Waals surface area (Å²) in [5.74, 6) is 0.832. The van der Waals surface area contributed by atoms with Gasteiger partial charge in [-0.05, 0) is 18.8 Å². The Morgan fingerprint density at radius 2 is 2.25 bits per heavy atom. The zero-order chi connectivity index (χ0) is 12.0. The standard InChI is InChI=1S/C13H19ClO2/c1-12-5-4-9(13(2,8-12)16-3)6-11(15)10(12)7-14/h4-5,9-10H,6-8H2,1-3H3/t9-,10+,12-,13+/m1/s1. The van der Waals surface area contributed by atoms with E-state index in [1.165, 1.54) is 0 Å². The molecule has 0 aromatic heterocycles. The smallest absolute Gasteiger partial charge is 0.138 e. The van der Waals surface area contributed by atoms with Gasteiger partial charge in [0, 0.05) is 31.2 Å². The Hall–Kier alpha value is -0.340. The summed E-state index contributed by atoms with van der Waals surface area (Å²) >= 11 is 5.97. The molecular weight excluding hydrogens is 224 g/mol. The maximum absolute atomic E-state index is 12.1. The van der Waals surface area contributed by atoms with E-state index in [-0.39, 0.29) is 28.6 Å². The van der Waals surface area contributed by atoms with Gasteiger partial charge >= 0.3 is 0 Å². The van der Waals surface area contributed by atoms with Crippen LogP contribution in [0.25, 0.3) is 0 Å². The van der Waals surface area contributed by atoms with Crippen molar-refractivity contribution in [3.8, 4) is 0 Å². The molecule has 0 heterocycles. The van der Waals surface area contributed by atoms with Crippen LogP contribution >= 0.6 is 11.6 Å². The van der Waals surface area contributed by atoms with Crippen molar-refractivity contribution in [3.05, 3.63) is 12.2 Å². The summed E-state index contributed by atoms with van der Waals surface area (Å²) in [7, 11) is 1.73. The molecule has 3 heteroatoms. The number of halogens is 1. The molecule has 4 atom stereocenters. The van der Waals surface area contributed by atoms with Crippen LogP contribution in [0.3, 0.4) is 0 Å². The third-order valence-corrected chi connectivity index (χ3v) is 4.76. The van der Waals surface area contributed by atoms with Crippen LogP contribution in [0.1, 0.15) is 26.7 Å². The molecule has 0 saturated heterocycles. The SMILES string of the molecule is CO[C@@]1(C)C[C@@]2(C)C=C[C@@H]1CC(=O)[C@@H]2CCl. The highest BCUT2D eigenvalue weighted by Crippen LogP contribution is 2.51. The highest BCUT2D eigenvalue weighted by Gasteiger charge is 2.51. The third-order valence-electron chi connectivity index (χ3n) is 4.45. The fraction of sp³-hybridized carbons (Fsp3) is 0.769.